The van der Waals surface area contributed by atoms with Crippen LogP contribution in [0.2, 0.25) is 0 Å². The largest absolute Gasteiger partial charge is 0.769 e. The Morgan fingerprint density at radius 2 is 1.00 bits per heavy atom. The van der Waals surface area contributed by atoms with E-state index in [1.54, 1.807) is 0 Å². The van der Waals surface area contributed by atoms with Crippen molar-refractivity contribution in [3.8, 4) is 0 Å². The van der Waals surface area contributed by atoms with E-state index in [2.05, 4.69) is 11.9 Å². The van der Waals surface area contributed by atoms with Gasteiger partial charge >= 0.3 is 42.1 Å². The van der Waals surface area contributed by atoms with Gasteiger partial charge in [-0.25, -0.2) is 11.9 Å². The molecule has 0 N–H and O–H groups in total. The molecule has 1 nitrogen and oxygen atoms in total. The van der Waals surface area contributed by atoms with Crippen LogP contribution in [0.3, 0.4) is 0 Å². The van der Waals surface area contributed by atoms with Crippen molar-refractivity contribution in [2.24, 2.45) is 0 Å². The van der Waals surface area contributed by atoms with Gasteiger partial charge in [0.05, 0.1) is 0 Å². The van der Waals surface area contributed by atoms with E-state index in [1.165, 1.54) is 0 Å². The van der Waals surface area contributed by atoms with Gasteiger partial charge in [0.25, 0.3) is 0 Å². The van der Waals surface area contributed by atoms with Crippen LogP contribution in [-0.2, 0) is 13.0 Å². The molecule has 0 fully saturated rings. The zero-order valence-corrected chi connectivity index (χ0v) is 7.04. The summed E-state index contributed by atoms with van der Waals surface area (Å²) in [6.45, 7) is 0. The van der Waals surface area contributed by atoms with E-state index < -0.39 is 13.0 Å². The Hall–Kier alpha value is 1.74. The molecule has 0 aromatic heterocycles. The van der Waals surface area contributed by atoms with E-state index >= 15 is 0 Å². The Balaban J connectivity index is 0. The first-order valence-electron chi connectivity index (χ1n) is 0.555. The fourth-order valence-corrected chi connectivity index (χ4v) is 0. The first kappa shape index (κ1) is 10.7. The molecule has 6 heteroatoms. The second-order valence-electron chi connectivity index (χ2n) is 0.152. The number of halogens is 4. The van der Waals surface area contributed by atoms with Crippen molar-refractivity contribution in [3.63, 3.8) is 0 Å². The smallest absolute Gasteiger partial charge is 0.231 e. The maximum atomic E-state index is 7.72. The number of rotatable bonds is 0. The molecule has 0 saturated carbocycles. The third-order valence-electron chi connectivity index (χ3n) is 0. The van der Waals surface area contributed by atoms with Crippen molar-refractivity contribution in [1.29, 1.82) is 0 Å². The van der Waals surface area contributed by atoms with Gasteiger partial charge in [-0.15, -0.1) is 0 Å². The van der Waals surface area contributed by atoms with E-state index in [0.29, 0.717) is 0 Å². The monoisotopic (exact) mass is 258 g/mol. The van der Waals surface area contributed by atoms with Gasteiger partial charge in [-0.1, -0.05) is 0 Å². The van der Waals surface area contributed by atoms with Crippen LogP contribution in [0.5, 0.6) is 0 Å². The van der Waals surface area contributed by atoms with Gasteiger partial charge in [0, 0.05) is 0 Å². The predicted octanol–water partition coefficient (Wildman–Crippen LogP) is 1.57. The maximum absolute atomic E-state index is 7.72. The van der Waals surface area contributed by atoms with E-state index in [9.17, 15) is 0 Å². The van der Waals surface area contributed by atoms with Crippen molar-refractivity contribution >= 4 is 40.9 Å². The summed E-state index contributed by atoms with van der Waals surface area (Å²) in [5.74, 6) is 0. The minimum Gasteiger partial charge on any atom is -0.769 e. The summed E-state index contributed by atoms with van der Waals surface area (Å²) in [5, 5.41) is 0. The summed E-state index contributed by atoms with van der Waals surface area (Å²) in [4.78, 5) is 0. The van der Waals surface area contributed by atoms with Crippen LogP contribution < -0.4 is 4.66 Å². The molecule has 0 aliphatic rings. The summed E-state index contributed by atoms with van der Waals surface area (Å²) < 4.78 is 7.72. The maximum Gasteiger partial charge on any atom is -0.231 e. The Labute approximate surface area is 58.3 Å². The summed E-state index contributed by atoms with van der Waals surface area (Å²) in [5.41, 5.74) is 0. The van der Waals surface area contributed by atoms with Gasteiger partial charge < -0.3 is 4.66 Å². The van der Waals surface area contributed by atoms with E-state index in [1.807, 2.05) is 0 Å². The second kappa shape index (κ2) is 9.89. The molecule has 0 amide bonds. The van der Waals surface area contributed by atoms with Gasteiger partial charge in [-0.2, -0.15) is 0 Å². The zero-order valence-electron chi connectivity index (χ0n) is 2.27. The first-order chi connectivity index (χ1) is 2.73. The molecular weight excluding hydrogens is 259 g/mol. The Morgan fingerprint density at radius 1 is 1.00 bits per heavy atom. The van der Waals surface area contributed by atoms with E-state index in [-0.39, 0.29) is 0 Å². The normalized spacial score (nSPS) is 8.50. The van der Waals surface area contributed by atoms with Crippen LogP contribution in [0.15, 0.2) is 0 Å². The SMILES string of the molecule is [Cl][Ru+]([Cl])[Cl].[O-]Cl. The van der Waals surface area contributed by atoms with Gasteiger partial charge in [-0.05, 0) is 0 Å². The van der Waals surface area contributed by atoms with Crippen molar-refractivity contribution in [1.82, 2.24) is 0 Å². The average molecular weight is 259 g/mol. The van der Waals surface area contributed by atoms with Crippen LogP contribution in [0.4, 0.5) is 0 Å². The van der Waals surface area contributed by atoms with Crippen LogP contribution in [0, 0.1) is 0 Å². The van der Waals surface area contributed by atoms with E-state index in [0.717, 1.165) is 0 Å². The number of hydrogen-bond donors (Lipinski definition) is 0. The van der Waals surface area contributed by atoms with Gasteiger partial charge in [0.2, 0.25) is 0 Å². The summed E-state index contributed by atoms with van der Waals surface area (Å²) in [7, 11) is 14.8. The molecule has 0 radical (unpaired) electrons. The van der Waals surface area contributed by atoms with Crippen LogP contribution in [0.25, 0.3) is 0 Å². The van der Waals surface area contributed by atoms with Gasteiger partial charge in [0.1, 0.15) is 0 Å². The zero-order chi connectivity index (χ0) is 5.58. The summed E-state index contributed by atoms with van der Waals surface area (Å²) in [6.07, 6.45) is 0. The van der Waals surface area contributed by atoms with Crippen molar-refractivity contribution in [3.05, 3.63) is 0 Å². The first-order valence-corrected chi connectivity index (χ1v) is 7.58. The fraction of sp³-hybridized carbons (Fsp3) is 0. The Kier molecular flexibility index (Phi) is 17.6. The minimum absolute atomic E-state index is 1.75. The molecule has 0 aliphatic carbocycles. The molecule has 0 aromatic carbocycles. The molecule has 0 spiro atoms. The molecule has 0 unspecified atom stereocenters. The molecule has 0 bridgehead atoms. The molecule has 0 rings (SSSR count). The summed E-state index contributed by atoms with van der Waals surface area (Å²) in [6, 6.07) is 0. The predicted molar refractivity (Wildman–Crippen MR) is 23.4 cm³/mol. The summed E-state index contributed by atoms with van der Waals surface area (Å²) >= 11 is 1.64. The minimum atomic E-state index is -1.75. The molecule has 0 aromatic rings. The molecular formula is Cl4ORu. The Bertz CT molecular complexity index is 12.3. The quantitative estimate of drug-likeness (QED) is 0.605. The van der Waals surface area contributed by atoms with Crippen molar-refractivity contribution in [2.75, 3.05) is 0 Å². The standard InChI is InChI=1S/ClO.3ClH.Ru/c1-2;;;;/h;3*1H;/q-1;;;;+4/p-3. The molecule has 0 saturated heterocycles. The molecule has 0 aliphatic heterocycles. The third-order valence-corrected chi connectivity index (χ3v) is 0. The van der Waals surface area contributed by atoms with E-state index in [4.69, 9.17) is 33.7 Å². The average Bonchev–Trinajstić information content (AvgIpc) is 1.41. The van der Waals surface area contributed by atoms with Crippen LogP contribution >= 0.6 is 40.9 Å². The van der Waals surface area contributed by atoms with Crippen molar-refractivity contribution in [2.45, 2.75) is 0 Å². The second-order valence-corrected chi connectivity index (χ2v) is 8.07. The van der Waals surface area contributed by atoms with Gasteiger partial charge in [0.15, 0.2) is 0 Å². The third kappa shape index (κ3) is 42.5. The fourth-order valence-electron chi connectivity index (χ4n) is 0. The van der Waals surface area contributed by atoms with Crippen LogP contribution in [-0.4, -0.2) is 0 Å². The molecule has 0 heterocycles. The number of hydrogen-bond acceptors (Lipinski definition) is 1. The Morgan fingerprint density at radius 3 is 1.00 bits per heavy atom. The molecule has 42 valence electrons. The molecule has 0 atom stereocenters. The molecule has 6 heavy (non-hydrogen) atoms. The topological polar surface area (TPSA) is 23.1 Å². The van der Waals surface area contributed by atoms with Gasteiger partial charge in [-0.3, -0.25) is 0 Å². The van der Waals surface area contributed by atoms with Crippen LogP contribution in [0.1, 0.15) is 0 Å². The van der Waals surface area contributed by atoms with Crippen molar-refractivity contribution < 1.29 is 17.6 Å².